The number of alkyl halides is 3. The van der Waals surface area contributed by atoms with Crippen LogP contribution in [0.25, 0.3) is 0 Å². The van der Waals surface area contributed by atoms with E-state index in [4.69, 9.17) is 0 Å². The first kappa shape index (κ1) is 15.7. The quantitative estimate of drug-likeness (QED) is 0.678. The smallest absolute Gasteiger partial charge is 0.406 e. The number of thioether (sulfide) groups is 1. The maximum atomic E-state index is 12.3. The van der Waals surface area contributed by atoms with Crippen LogP contribution >= 0.6 is 11.8 Å². The van der Waals surface area contributed by atoms with Gasteiger partial charge in [-0.25, -0.2) is 9.97 Å². The van der Waals surface area contributed by atoms with Crippen LogP contribution in [-0.2, 0) is 5.75 Å². The summed E-state index contributed by atoms with van der Waals surface area (Å²) in [7, 11) is 1.92. The van der Waals surface area contributed by atoms with Gasteiger partial charge in [-0.2, -0.15) is 0 Å². The fourth-order valence-electron chi connectivity index (χ4n) is 2.20. The Morgan fingerprint density at radius 1 is 1.35 bits per heavy atom. The number of hydrogen-bond donors (Lipinski definition) is 1. The van der Waals surface area contributed by atoms with Crippen LogP contribution in [0.4, 0.5) is 24.7 Å². The fourth-order valence-corrected chi connectivity index (χ4v) is 3.19. The molecule has 1 aliphatic rings. The molecular formula is C14H13F3N4OS. The molecule has 0 radical (unpaired) electrons. The van der Waals surface area contributed by atoms with Crippen LogP contribution in [0.1, 0.15) is 5.56 Å². The van der Waals surface area contributed by atoms with Gasteiger partial charge in [0.05, 0.1) is 6.67 Å². The average Bonchev–Trinajstić information content (AvgIpc) is 2.86. The maximum Gasteiger partial charge on any atom is 0.573 e. The van der Waals surface area contributed by atoms with Gasteiger partial charge in [0.25, 0.3) is 0 Å². The molecule has 0 amide bonds. The Kier molecular flexibility index (Phi) is 4.20. The molecule has 1 aromatic carbocycles. The van der Waals surface area contributed by atoms with Gasteiger partial charge in [-0.15, -0.1) is 13.2 Å². The van der Waals surface area contributed by atoms with E-state index in [9.17, 15) is 13.2 Å². The van der Waals surface area contributed by atoms with Crippen molar-refractivity contribution in [1.82, 2.24) is 9.97 Å². The zero-order valence-corrected chi connectivity index (χ0v) is 12.9. The van der Waals surface area contributed by atoms with E-state index in [0.717, 1.165) is 22.1 Å². The second kappa shape index (κ2) is 6.15. The number of nitrogens with one attached hydrogen (secondary N) is 1. The van der Waals surface area contributed by atoms with Gasteiger partial charge in [-0.05, 0) is 17.7 Å². The van der Waals surface area contributed by atoms with Crippen molar-refractivity contribution in [2.24, 2.45) is 0 Å². The normalized spacial score (nSPS) is 13.7. The minimum atomic E-state index is -4.69. The van der Waals surface area contributed by atoms with E-state index in [1.807, 2.05) is 11.9 Å². The van der Waals surface area contributed by atoms with Gasteiger partial charge in [0.1, 0.15) is 22.8 Å². The molecule has 0 aliphatic carbocycles. The monoisotopic (exact) mass is 342 g/mol. The van der Waals surface area contributed by atoms with Crippen molar-refractivity contribution in [3.8, 4) is 5.75 Å². The summed E-state index contributed by atoms with van der Waals surface area (Å²) in [6.45, 7) is 0.649. The molecule has 1 aromatic heterocycles. The number of nitrogens with zero attached hydrogens (tertiary/aromatic N) is 3. The van der Waals surface area contributed by atoms with Crippen molar-refractivity contribution in [3.05, 3.63) is 36.2 Å². The predicted molar refractivity (Wildman–Crippen MR) is 81.6 cm³/mol. The van der Waals surface area contributed by atoms with Crippen LogP contribution in [-0.4, -0.2) is 30.0 Å². The fraction of sp³-hybridized carbons (Fsp3) is 0.286. The SMILES string of the molecule is CN1CNc2ncnc(SCc3cccc(OC(F)(F)F)c3)c21. The van der Waals surface area contributed by atoms with Crippen LogP contribution in [0.15, 0.2) is 35.6 Å². The van der Waals surface area contributed by atoms with Crippen LogP contribution in [0, 0.1) is 0 Å². The molecule has 0 atom stereocenters. The van der Waals surface area contributed by atoms with Gasteiger partial charge in [0.2, 0.25) is 0 Å². The van der Waals surface area contributed by atoms with Crippen molar-refractivity contribution < 1.29 is 17.9 Å². The Labute approximate surface area is 134 Å². The summed E-state index contributed by atoms with van der Waals surface area (Å²) in [5, 5.41) is 3.92. The van der Waals surface area contributed by atoms with Gasteiger partial charge in [0.15, 0.2) is 5.82 Å². The molecule has 0 fully saturated rings. The maximum absolute atomic E-state index is 12.3. The van der Waals surface area contributed by atoms with E-state index in [1.54, 1.807) is 6.07 Å². The topological polar surface area (TPSA) is 50.3 Å². The van der Waals surface area contributed by atoms with E-state index in [1.165, 1.54) is 36.3 Å². The lowest BCUT2D eigenvalue weighted by Gasteiger charge is -2.13. The van der Waals surface area contributed by atoms with Gasteiger partial charge in [-0.1, -0.05) is 23.9 Å². The lowest BCUT2D eigenvalue weighted by molar-refractivity contribution is -0.274. The Morgan fingerprint density at radius 3 is 2.96 bits per heavy atom. The second-order valence-electron chi connectivity index (χ2n) is 4.89. The molecule has 122 valence electrons. The summed E-state index contributed by atoms with van der Waals surface area (Å²) in [5.41, 5.74) is 1.62. The molecular weight excluding hydrogens is 329 g/mol. The van der Waals surface area contributed by atoms with Crippen molar-refractivity contribution in [1.29, 1.82) is 0 Å². The highest BCUT2D eigenvalue weighted by molar-refractivity contribution is 7.98. The number of benzene rings is 1. The van der Waals surface area contributed by atoms with Crippen molar-refractivity contribution in [3.63, 3.8) is 0 Å². The summed E-state index contributed by atoms with van der Waals surface area (Å²) in [6.07, 6.45) is -3.22. The van der Waals surface area contributed by atoms with E-state index >= 15 is 0 Å². The third-order valence-electron chi connectivity index (χ3n) is 3.16. The van der Waals surface area contributed by atoms with Gasteiger partial charge < -0.3 is 15.0 Å². The zero-order chi connectivity index (χ0) is 16.4. The molecule has 0 bridgehead atoms. The molecule has 0 saturated carbocycles. The highest BCUT2D eigenvalue weighted by atomic mass is 32.2. The average molecular weight is 342 g/mol. The number of anilines is 2. The first-order chi connectivity index (χ1) is 10.9. The highest BCUT2D eigenvalue weighted by Crippen LogP contribution is 2.37. The summed E-state index contributed by atoms with van der Waals surface area (Å²) >= 11 is 1.44. The largest absolute Gasteiger partial charge is 0.573 e. The molecule has 0 spiro atoms. The summed E-state index contributed by atoms with van der Waals surface area (Å²) in [6, 6.07) is 5.94. The van der Waals surface area contributed by atoms with Crippen LogP contribution < -0.4 is 15.0 Å². The van der Waals surface area contributed by atoms with E-state index in [-0.39, 0.29) is 5.75 Å². The molecule has 2 aromatic rings. The summed E-state index contributed by atoms with van der Waals surface area (Å²) in [4.78, 5) is 10.4. The summed E-state index contributed by atoms with van der Waals surface area (Å²) < 4.78 is 40.7. The number of fused-ring (bicyclic) bond motifs is 1. The van der Waals surface area contributed by atoms with Gasteiger partial charge in [0, 0.05) is 12.8 Å². The number of rotatable bonds is 4. The number of ether oxygens (including phenoxy) is 1. The van der Waals surface area contributed by atoms with Crippen molar-refractivity contribution in [2.75, 3.05) is 23.9 Å². The predicted octanol–water partition coefficient (Wildman–Crippen LogP) is 3.49. The molecule has 23 heavy (non-hydrogen) atoms. The molecule has 5 nitrogen and oxygen atoms in total. The molecule has 0 unspecified atom stereocenters. The molecule has 0 saturated heterocycles. The summed E-state index contributed by atoms with van der Waals surface area (Å²) in [5.74, 6) is 1.02. The first-order valence-electron chi connectivity index (χ1n) is 6.70. The van der Waals surface area contributed by atoms with Gasteiger partial charge in [-0.3, -0.25) is 0 Å². The standard InChI is InChI=1S/C14H13F3N4OS/c1-21-8-20-12-11(21)13(19-7-18-12)23-6-9-3-2-4-10(5-9)22-14(15,16)17/h2-5,7H,6,8H2,1H3,(H,18,19,20). The lowest BCUT2D eigenvalue weighted by Crippen LogP contribution is -2.17. The second-order valence-corrected chi connectivity index (χ2v) is 5.86. The molecule has 2 heterocycles. The Hall–Kier alpha value is -2.16. The van der Waals surface area contributed by atoms with Crippen molar-refractivity contribution in [2.45, 2.75) is 17.1 Å². The van der Waals surface area contributed by atoms with E-state index in [0.29, 0.717) is 12.4 Å². The van der Waals surface area contributed by atoms with E-state index < -0.39 is 6.36 Å². The number of aromatic nitrogens is 2. The minimum absolute atomic E-state index is 0.220. The Bertz CT molecular complexity index is 711. The van der Waals surface area contributed by atoms with E-state index in [2.05, 4.69) is 20.0 Å². The molecule has 3 rings (SSSR count). The first-order valence-corrected chi connectivity index (χ1v) is 7.68. The highest BCUT2D eigenvalue weighted by Gasteiger charge is 2.31. The van der Waals surface area contributed by atoms with Crippen LogP contribution in [0.5, 0.6) is 5.75 Å². The molecule has 9 heteroatoms. The van der Waals surface area contributed by atoms with Crippen LogP contribution in [0.3, 0.4) is 0 Å². The van der Waals surface area contributed by atoms with Crippen LogP contribution in [0.2, 0.25) is 0 Å². The Balaban J connectivity index is 1.72. The lowest BCUT2D eigenvalue weighted by atomic mass is 10.2. The number of halogens is 3. The molecule has 1 aliphatic heterocycles. The van der Waals surface area contributed by atoms with Gasteiger partial charge >= 0.3 is 6.36 Å². The third-order valence-corrected chi connectivity index (χ3v) is 4.21. The molecule has 1 N–H and O–H groups in total. The number of hydrogen-bond acceptors (Lipinski definition) is 6. The third kappa shape index (κ3) is 3.79. The zero-order valence-electron chi connectivity index (χ0n) is 12.1. The van der Waals surface area contributed by atoms with Crippen molar-refractivity contribution >= 4 is 23.3 Å². The Morgan fingerprint density at radius 2 is 2.17 bits per heavy atom. The minimum Gasteiger partial charge on any atom is -0.406 e.